The lowest BCUT2D eigenvalue weighted by molar-refractivity contribution is 0.482. The van der Waals surface area contributed by atoms with Crippen LogP contribution in [-0.2, 0) is 9.15 Å². The van der Waals surface area contributed by atoms with Crippen molar-refractivity contribution in [2.75, 3.05) is 11.9 Å². The molecule has 0 aliphatic carbocycles. The van der Waals surface area contributed by atoms with Crippen molar-refractivity contribution in [3.05, 3.63) is 91.0 Å². The maximum Gasteiger partial charge on any atom is 0.149 e. The zero-order chi connectivity index (χ0) is 19.2. The van der Waals surface area contributed by atoms with Crippen molar-refractivity contribution in [2.24, 2.45) is 0 Å². The fraction of sp³-hybridized carbons (Fsp3) is 0.143. The number of rotatable bonds is 8. The third-order valence-corrected chi connectivity index (χ3v) is 11.1. The van der Waals surface area contributed by atoms with Crippen LogP contribution in [-0.4, -0.2) is 24.9 Å². The number of benzene rings is 3. The molecule has 3 aromatic carbocycles. The lowest BCUT2D eigenvalue weighted by atomic mass is 10.4. The summed E-state index contributed by atoms with van der Waals surface area (Å²) in [6.45, 7) is 0. The highest BCUT2D eigenvalue weighted by atomic mass is 33.1. The van der Waals surface area contributed by atoms with E-state index in [-0.39, 0.29) is 0 Å². The topological polar surface area (TPSA) is 57.2 Å². The molecule has 0 aliphatic rings. The molecule has 6 heteroatoms. The Hall–Kier alpha value is -1.65. The fourth-order valence-electron chi connectivity index (χ4n) is 3.34. The highest BCUT2D eigenvalue weighted by molar-refractivity contribution is 8.69. The van der Waals surface area contributed by atoms with E-state index in [1.54, 1.807) is 0 Å². The van der Waals surface area contributed by atoms with E-state index >= 15 is 0 Å². The van der Waals surface area contributed by atoms with Crippen LogP contribution in [0, 0.1) is 0 Å². The Morgan fingerprint density at radius 2 is 1.07 bits per heavy atom. The van der Waals surface area contributed by atoms with Gasteiger partial charge >= 0.3 is 0 Å². The van der Waals surface area contributed by atoms with Crippen molar-refractivity contribution in [3.8, 4) is 0 Å². The van der Waals surface area contributed by atoms with Gasteiger partial charge in [-0.25, -0.2) is 8.42 Å². The van der Waals surface area contributed by atoms with Crippen molar-refractivity contribution in [1.82, 2.24) is 0 Å². The van der Waals surface area contributed by atoms with Gasteiger partial charge in [0.1, 0.15) is 32.3 Å². The zero-order valence-electron chi connectivity index (χ0n) is 14.8. The van der Waals surface area contributed by atoms with Crippen molar-refractivity contribution in [1.29, 1.82) is 0 Å². The molecule has 0 amide bonds. The molecule has 0 fully saturated rings. The largest absolute Gasteiger partial charge is 0.739 e. The molecule has 3 rings (SSSR count). The average Bonchev–Trinajstić information content (AvgIpc) is 2.70. The molecule has 0 spiro atoms. The maximum absolute atomic E-state index is 11.0. The molecule has 0 atom stereocenters. The van der Waals surface area contributed by atoms with Gasteiger partial charge in [-0.05, 0) is 53.6 Å². The van der Waals surface area contributed by atoms with Gasteiger partial charge in [-0.3, -0.25) is 0 Å². The van der Waals surface area contributed by atoms with Crippen molar-refractivity contribution in [2.45, 2.75) is 6.42 Å². The lowest BCUT2D eigenvalue weighted by Gasteiger charge is -2.27. The fourth-order valence-corrected chi connectivity index (χ4v) is 9.34. The molecule has 0 N–H and O–H groups in total. The summed E-state index contributed by atoms with van der Waals surface area (Å²) < 4.78 is 32.9. The number of hydrogen-bond donors (Lipinski definition) is 0. The monoisotopic (exact) mass is 416 g/mol. The van der Waals surface area contributed by atoms with Gasteiger partial charge in [0.15, 0.2) is 0 Å². The summed E-state index contributed by atoms with van der Waals surface area (Å²) >= 11 is 0. The predicted octanol–water partition coefficient (Wildman–Crippen LogP) is 3.56. The molecule has 0 saturated heterocycles. The number of hydrogen-bond acceptors (Lipinski definition) is 4. The van der Waals surface area contributed by atoms with Crippen LogP contribution in [0.2, 0.25) is 0 Å². The van der Waals surface area contributed by atoms with Gasteiger partial charge in [-0.2, -0.15) is 0 Å². The maximum atomic E-state index is 11.0. The summed E-state index contributed by atoms with van der Waals surface area (Å²) in [7, 11) is -5.71. The van der Waals surface area contributed by atoms with Crippen LogP contribution in [0.15, 0.2) is 91.0 Å². The highest BCUT2D eigenvalue weighted by Crippen LogP contribution is 2.55. The van der Waals surface area contributed by atoms with Gasteiger partial charge < -0.3 is 4.55 Å². The molecular formula is C21H21O3PS2. The Balaban J connectivity index is 2.08. The van der Waals surface area contributed by atoms with E-state index in [2.05, 4.69) is 36.4 Å². The SMILES string of the molecule is O=S(=O)([O-])SCCC[P+](c1ccccc1)(c1ccccc1)c1ccccc1. The van der Waals surface area contributed by atoms with E-state index in [0.29, 0.717) is 23.0 Å². The Bertz CT molecular complexity index is 850. The molecule has 0 radical (unpaired) electrons. The van der Waals surface area contributed by atoms with Crippen LogP contribution in [0.4, 0.5) is 0 Å². The Morgan fingerprint density at radius 1 is 0.704 bits per heavy atom. The Morgan fingerprint density at radius 3 is 1.41 bits per heavy atom. The van der Waals surface area contributed by atoms with E-state index in [4.69, 9.17) is 0 Å². The first-order valence-corrected chi connectivity index (χ1v) is 13.6. The van der Waals surface area contributed by atoms with Crippen LogP contribution in [0.1, 0.15) is 6.42 Å². The highest BCUT2D eigenvalue weighted by Gasteiger charge is 2.44. The Labute approximate surface area is 165 Å². The molecule has 3 aromatic rings. The molecule has 3 nitrogen and oxygen atoms in total. The molecule has 0 bridgehead atoms. The second-order valence-corrected chi connectivity index (χ2v) is 13.1. The smallest absolute Gasteiger partial charge is 0.149 e. The summed E-state index contributed by atoms with van der Waals surface area (Å²) in [6.07, 6.45) is 1.46. The zero-order valence-corrected chi connectivity index (χ0v) is 17.3. The molecule has 140 valence electrons. The summed E-state index contributed by atoms with van der Waals surface area (Å²) in [5.74, 6) is 0.306. The van der Waals surface area contributed by atoms with Crippen molar-refractivity contribution < 1.29 is 13.0 Å². The van der Waals surface area contributed by atoms with Crippen LogP contribution in [0.3, 0.4) is 0 Å². The van der Waals surface area contributed by atoms with E-state index in [0.717, 1.165) is 6.16 Å². The minimum Gasteiger partial charge on any atom is -0.739 e. The standard InChI is InChI=1S/C21H21O3PS2/c22-27(23,24)26-18-10-17-25(19-11-4-1-5-12-19,20-13-6-2-7-14-20)21-15-8-3-9-16-21/h1-9,11-16H,10,17-18H2. The molecule has 0 heterocycles. The van der Waals surface area contributed by atoms with Gasteiger partial charge in [0, 0.05) is 5.75 Å². The van der Waals surface area contributed by atoms with Crippen LogP contribution in [0.25, 0.3) is 0 Å². The molecule has 0 aliphatic heterocycles. The second kappa shape index (κ2) is 9.03. The molecule has 0 aromatic heterocycles. The summed E-state index contributed by atoms with van der Waals surface area (Å²) in [5, 5.41) is 3.78. The summed E-state index contributed by atoms with van der Waals surface area (Å²) in [5.41, 5.74) is 0. The molecule has 0 unspecified atom stereocenters. The second-order valence-electron chi connectivity index (χ2n) is 6.12. The molecule has 27 heavy (non-hydrogen) atoms. The summed E-state index contributed by atoms with van der Waals surface area (Å²) in [4.78, 5) is 0. The normalized spacial score (nSPS) is 12.0. The van der Waals surface area contributed by atoms with E-state index < -0.39 is 16.4 Å². The van der Waals surface area contributed by atoms with Crippen LogP contribution < -0.4 is 15.9 Å². The van der Waals surface area contributed by atoms with E-state index in [1.807, 2.05) is 54.6 Å². The average molecular weight is 417 g/mol. The van der Waals surface area contributed by atoms with Crippen LogP contribution >= 0.6 is 18.1 Å². The van der Waals surface area contributed by atoms with Crippen molar-refractivity contribution >= 4 is 43.1 Å². The van der Waals surface area contributed by atoms with Gasteiger partial charge in [-0.15, -0.1) is 0 Å². The molecular weight excluding hydrogens is 395 g/mol. The third kappa shape index (κ3) is 4.99. The van der Waals surface area contributed by atoms with Gasteiger partial charge in [0.25, 0.3) is 0 Å². The van der Waals surface area contributed by atoms with Gasteiger partial charge in [0.05, 0.1) is 6.16 Å². The Kier molecular flexibility index (Phi) is 6.72. The van der Waals surface area contributed by atoms with Crippen molar-refractivity contribution in [3.63, 3.8) is 0 Å². The first kappa shape index (κ1) is 20.1. The predicted molar refractivity (Wildman–Crippen MR) is 117 cm³/mol. The first-order valence-electron chi connectivity index (χ1n) is 8.67. The minimum absolute atomic E-state index is 0.306. The lowest BCUT2D eigenvalue weighted by Crippen LogP contribution is -2.33. The van der Waals surface area contributed by atoms with Gasteiger partial charge in [-0.1, -0.05) is 54.6 Å². The van der Waals surface area contributed by atoms with E-state index in [1.165, 1.54) is 15.9 Å². The molecule has 0 saturated carbocycles. The quantitative estimate of drug-likeness (QED) is 0.244. The van der Waals surface area contributed by atoms with Crippen LogP contribution in [0.5, 0.6) is 0 Å². The third-order valence-electron chi connectivity index (χ3n) is 4.46. The minimum atomic E-state index is -4.26. The van der Waals surface area contributed by atoms with E-state index in [9.17, 15) is 13.0 Å². The summed E-state index contributed by atoms with van der Waals surface area (Å²) in [6, 6.07) is 31.3. The van der Waals surface area contributed by atoms with Gasteiger partial charge in [0.2, 0.25) is 0 Å². The first-order chi connectivity index (χ1) is 13.0.